The van der Waals surface area contributed by atoms with Gasteiger partial charge in [0.1, 0.15) is 11.5 Å². The Kier molecular flexibility index (Phi) is 7.45. The van der Waals surface area contributed by atoms with Gasteiger partial charge >= 0.3 is 6.18 Å². The van der Waals surface area contributed by atoms with Crippen molar-refractivity contribution in [3.05, 3.63) is 112 Å². The van der Waals surface area contributed by atoms with E-state index in [4.69, 9.17) is 11.6 Å². The third-order valence-electron chi connectivity index (χ3n) is 9.12. The van der Waals surface area contributed by atoms with Gasteiger partial charge in [0.2, 0.25) is 10.0 Å². The number of hydrogen-bond acceptors (Lipinski definition) is 5. The van der Waals surface area contributed by atoms with E-state index in [1.807, 2.05) is 6.08 Å². The van der Waals surface area contributed by atoms with Gasteiger partial charge in [-0.3, -0.25) is 9.78 Å². The molecular formula is C33H27ClF4N4O3S. The van der Waals surface area contributed by atoms with E-state index in [0.717, 1.165) is 17.7 Å². The van der Waals surface area contributed by atoms with E-state index in [1.165, 1.54) is 40.7 Å². The van der Waals surface area contributed by atoms with Gasteiger partial charge in [-0.05, 0) is 111 Å². The standard InChI is InChI=1S/C33H27ClF4N4O3S/c34-23-3-12-28(13-4-23)46(44,45)42(26-10-11-26)27-7-1-21-15-30-20(18-40-41(30)25-8-5-24(35)6-9-25)16-32(21,17-27)31(43)29-14-2-22(19-39-29)33(36,37)38/h2-6,8-9,12-15,18-19,26-27H,1,7,10-11,16-17H2/t27-,32-/m0/s1. The number of pyridine rings is 1. The number of rotatable bonds is 7. The molecule has 0 amide bonds. The van der Waals surface area contributed by atoms with Crippen LogP contribution in [0.1, 0.15) is 59.4 Å². The lowest BCUT2D eigenvalue weighted by Gasteiger charge is -2.46. The zero-order valence-electron chi connectivity index (χ0n) is 24.2. The van der Waals surface area contributed by atoms with E-state index in [2.05, 4.69) is 10.1 Å². The first-order valence-corrected chi connectivity index (χ1v) is 16.6. The summed E-state index contributed by atoms with van der Waals surface area (Å²) in [5, 5.41) is 4.92. The van der Waals surface area contributed by atoms with E-state index in [9.17, 15) is 30.8 Å². The van der Waals surface area contributed by atoms with E-state index in [1.54, 1.807) is 23.0 Å². The van der Waals surface area contributed by atoms with Crippen LogP contribution in [0.15, 0.2) is 83.5 Å². The number of allylic oxidation sites excluding steroid dienone is 1. The maximum Gasteiger partial charge on any atom is 0.417 e. The van der Waals surface area contributed by atoms with Crippen LogP contribution in [0.4, 0.5) is 17.6 Å². The number of nitrogens with zero attached hydrogens (tertiary/aromatic N) is 4. The first kappa shape index (κ1) is 30.8. The van der Waals surface area contributed by atoms with Crippen LogP contribution in [0.25, 0.3) is 11.8 Å². The van der Waals surface area contributed by atoms with Crippen molar-refractivity contribution in [3.8, 4) is 5.69 Å². The third kappa shape index (κ3) is 5.35. The third-order valence-corrected chi connectivity index (χ3v) is 11.4. The first-order valence-electron chi connectivity index (χ1n) is 14.8. The maximum atomic E-state index is 14.5. The molecule has 13 heteroatoms. The summed E-state index contributed by atoms with van der Waals surface area (Å²) >= 11 is 6.03. The fourth-order valence-corrected chi connectivity index (χ4v) is 8.80. The van der Waals surface area contributed by atoms with Gasteiger partial charge in [-0.2, -0.15) is 22.6 Å². The smallest absolute Gasteiger partial charge is 0.291 e. The minimum absolute atomic E-state index is 0.0985. The maximum absolute atomic E-state index is 14.5. The minimum atomic E-state index is -4.62. The van der Waals surface area contributed by atoms with Crippen molar-refractivity contribution in [2.24, 2.45) is 5.41 Å². The monoisotopic (exact) mass is 670 g/mol. The predicted octanol–water partition coefficient (Wildman–Crippen LogP) is 7.29. The number of carbonyl (C=O) groups is 1. The molecule has 2 fully saturated rings. The molecule has 0 bridgehead atoms. The Balaban J connectivity index is 1.31. The Morgan fingerprint density at radius 1 is 0.957 bits per heavy atom. The fraction of sp³-hybridized carbons (Fsp3) is 0.303. The molecule has 238 valence electrons. The molecule has 7 rings (SSSR count). The van der Waals surface area contributed by atoms with Gasteiger partial charge in [0.25, 0.3) is 0 Å². The molecule has 2 aromatic carbocycles. The lowest BCUT2D eigenvalue weighted by Crippen LogP contribution is -2.51. The highest BCUT2D eigenvalue weighted by molar-refractivity contribution is 7.89. The molecule has 7 nitrogen and oxygen atoms in total. The van der Waals surface area contributed by atoms with Crippen molar-refractivity contribution < 1.29 is 30.8 Å². The number of sulfonamides is 1. The topological polar surface area (TPSA) is 85.2 Å². The average Bonchev–Trinajstić information content (AvgIpc) is 3.78. The molecule has 2 heterocycles. The van der Waals surface area contributed by atoms with Gasteiger partial charge in [0.15, 0.2) is 5.78 Å². The molecule has 0 spiro atoms. The highest BCUT2D eigenvalue weighted by Gasteiger charge is 2.53. The van der Waals surface area contributed by atoms with Crippen LogP contribution in [0.3, 0.4) is 0 Å². The van der Waals surface area contributed by atoms with E-state index >= 15 is 0 Å². The highest BCUT2D eigenvalue weighted by Crippen LogP contribution is 2.52. The number of Topliss-reactive ketones (excluding diaryl/α,β-unsaturated/α-hetero) is 1. The van der Waals surface area contributed by atoms with Gasteiger partial charge in [-0.15, -0.1) is 0 Å². The molecule has 0 saturated heterocycles. The number of hydrogen-bond donors (Lipinski definition) is 0. The van der Waals surface area contributed by atoms with Crippen molar-refractivity contribution in [2.45, 2.75) is 61.7 Å². The molecule has 0 aliphatic heterocycles. The van der Waals surface area contributed by atoms with Crippen molar-refractivity contribution in [1.29, 1.82) is 0 Å². The van der Waals surface area contributed by atoms with Gasteiger partial charge in [-0.1, -0.05) is 17.2 Å². The highest BCUT2D eigenvalue weighted by atomic mass is 35.5. The second kappa shape index (κ2) is 11.1. The molecule has 2 saturated carbocycles. The summed E-state index contributed by atoms with van der Waals surface area (Å²) in [6.07, 6.45) is 1.94. The van der Waals surface area contributed by atoms with Crippen molar-refractivity contribution in [1.82, 2.24) is 19.1 Å². The van der Waals surface area contributed by atoms with Gasteiger partial charge in [0.05, 0.1) is 33.5 Å². The SMILES string of the molecule is O=C(c1ccc(C(F)(F)F)cn1)[C@]12Cc3cnn(-c4ccc(F)cc4)c3C=C1CC[C@H](N(C1CC1)S(=O)(=O)c1ccc(Cl)cc1)C2. The summed E-state index contributed by atoms with van der Waals surface area (Å²) in [6, 6.07) is 12.9. The lowest BCUT2D eigenvalue weighted by molar-refractivity contribution is -0.137. The number of fused-ring (bicyclic) bond motifs is 2. The molecule has 46 heavy (non-hydrogen) atoms. The van der Waals surface area contributed by atoms with Crippen LogP contribution < -0.4 is 0 Å². The number of carbonyl (C=O) groups excluding carboxylic acids is 1. The van der Waals surface area contributed by atoms with E-state index < -0.39 is 44.8 Å². The van der Waals surface area contributed by atoms with Crippen LogP contribution in [0.2, 0.25) is 5.02 Å². The normalized spacial score (nSPS) is 21.4. The quantitative estimate of drug-likeness (QED) is 0.152. The van der Waals surface area contributed by atoms with Crippen molar-refractivity contribution >= 4 is 33.5 Å². The van der Waals surface area contributed by atoms with Gasteiger partial charge in [-0.25, -0.2) is 17.5 Å². The second-order valence-electron chi connectivity index (χ2n) is 12.0. The summed E-state index contributed by atoms with van der Waals surface area (Å²) in [5.74, 6) is -0.874. The number of benzene rings is 2. The largest absolute Gasteiger partial charge is 0.417 e. The summed E-state index contributed by atoms with van der Waals surface area (Å²) in [5.41, 5.74) is 0.370. The summed E-state index contributed by atoms with van der Waals surface area (Å²) in [7, 11) is -3.97. The number of halogens is 5. The van der Waals surface area contributed by atoms with Gasteiger partial charge in [0, 0.05) is 23.3 Å². The minimum Gasteiger partial charge on any atom is -0.291 e. The number of ketones is 1. The van der Waals surface area contributed by atoms with E-state index in [0.29, 0.717) is 53.8 Å². The lowest BCUT2D eigenvalue weighted by atomic mass is 9.60. The van der Waals surface area contributed by atoms with Crippen LogP contribution in [0.5, 0.6) is 0 Å². The van der Waals surface area contributed by atoms with Gasteiger partial charge < -0.3 is 0 Å². The second-order valence-corrected chi connectivity index (χ2v) is 14.3. The molecule has 3 aliphatic rings. The first-order chi connectivity index (χ1) is 21.9. The van der Waals surface area contributed by atoms with Crippen LogP contribution in [-0.2, 0) is 22.6 Å². The molecule has 2 atom stereocenters. The molecule has 4 aromatic rings. The fourth-order valence-electron chi connectivity index (χ4n) is 6.78. The Morgan fingerprint density at radius 2 is 1.67 bits per heavy atom. The Morgan fingerprint density at radius 3 is 2.30 bits per heavy atom. The van der Waals surface area contributed by atoms with Crippen molar-refractivity contribution in [3.63, 3.8) is 0 Å². The Bertz CT molecular complexity index is 1960. The molecule has 3 aliphatic carbocycles. The zero-order chi connectivity index (χ0) is 32.4. The Hall–Kier alpha value is -3.87. The summed E-state index contributed by atoms with van der Waals surface area (Å²) < 4.78 is 85.0. The predicted molar refractivity (Wildman–Crippen MR) is 162 cm³/mol. The van der Waals surface area contributed by atoms with Crippen LogP contribution in [-0.4, -0.2) is 45.4 Å². The zero-order valence-corrected chi connectivity index (χ0v) is 25.8. The van der Waals surface area contributed by atoms with Crippen LogP contribution >= 0.6 is 11.6 Å². The summed E-state index contributed by atoms with van der Waals surface area (Å²) in [4.78, 5) is 18.6. The Labute approximate surface area is 267 Å². The molecule has 0 radical (unpaired) electrons. The molecule has 0 N–H and O–H groups in total. The number of alkyl halides is 3. The molecule has 0 unspecified atom stereocenters. The summed E-state index contributed by atoms with van der Waals surface area (Å²) in [6.45, 7) is 0. The molecule has 2 aromatic heterocycles. The average molecular weight is 671 g/mol. The van der Waals surface area contributed by atoms with Crippen molar-refractivity contribution in [2.75, 3.05) is 0 Å². The molecular weight excluding hydrogens is 644 g/mol. The van der Waals surface area contributed by atoms with Crippen LogP contribution in [0, 0.1) is 11.2 Å². The number of aromatic nitrogens is 3. The van der Waals surface area contributed by atoms with E-state index in [-0.39, 0.29) is 29.5 Å².